The van der Waals surface area contributed by atoms with Crippen molar-refractivity contribution in [3.8, 4) is 0 Å². The second-order valence-electron chi connectivity index (χ2n) is 5.25. The lowest BCUT2D eigenvalue weighted by molar-refractivity contribution is -0.116. The fraction of sp³-hybridized carbons (Fsp3) is 0.562. The van der Waals surface area contributed by atoms with Crippen LogP contribution in [-0.4, -0.2) is 22.3 Å². The minimum absolute atomic E-state index is 0.00164. The molecule has 0 heterocycles. The number of rotatable bonds is 11. The van der Waals surface area contributed by atoms with E-state index in [1.807, 2.05) is 18.2 Å². The molecule has 0 bridgehead atoms. The molecule has 124 valence electrons. The third kappa shape index (κ3) is 9.11. The molecule has 1 amide bonds. The van der Waals surface area contributed by atoms with E-state index in [0.717, 1.165) is 12.1 Å². The SMILES string of the molecule is CCCCCCCc1cccc(NC(=O)CCOP(O)O)c1. The molecule has 0 radical (unpaired) electrons. The van der Waals surface area contributed by atoms with E-state index in [1.54, 1.807) is 0 Å². The van der Waals surface area contributed by atoms with Crippen LogP contribution in [0.5, 0.6) is 0 Å². The predicted molar refractivity (Wildman–Crippen MR) is 89.5 cm³/mol. The van der Waals surface area contributed by atoms with Crippen molar-refractivity contribution >= 4 is 20.2 Å². The topological polar surface area (TPSA) is 78.8 Å². The number of aryl methyl sites for hydroxylation is 1. The summed E-state index contributed by atoms with van der Waals surface area (Å²) in [6.45, 7) is 2.21. The molecular weight excluding hydrogens is 301 g/mol. The van der Waals surface area contributed by atoms with Crippen molar-refractivity contribution in [2.45, 2.75) is 51.9 Å². The van der Waals surface area contributed by atoms with Crippen LogP contribution >= 0.6 is 8.60 Å². The smallest absolute Gasteiger partial charge is 0.327 e. The van der Waals surface area contributed by atoms with Crippen molar-refractivity contribution < 1.29 is 19.1 Å². The van der Waals surface area contributed by atoms with E-state index >= 15 is 0 Å². The van der Waals surface area contributed by atoms with Gasteiger partial charge in [0.25, 0.3) is 0 Å². The summed E-state index contributed by atoms with van der Waals surface area (Å²) in [6, 6.07) is 7.85. The summed E-state index contributed by atoms with van der Waals surface area (Å²) in [5.74, 6) is -0.197. The third-order valence-corrected chi connectivity index (χ3v) is 3.73. The number of hydrogen-bond acceptors (Lipinski definition) is 4. The summed E-state index contributed by atoms with van der Waals surface area (Å²) in [5, 5.41) is 2.79. The van der Waals surface area contributed by atoms with Crippen molar-refractivity contribution in [1.29, 1.82) is 0 Å². The Bertz CT molecular complexity index is 440. The Morgan fingerprint density at radius 3 is 2.73 bits per heavy atom. The lowest BCUT2D eigenvalue weighted by atomic mass is 10.1. The van der Waals surface area contributed by atoms with Gasteiger partial charge in [0.15, 0.2) is 0 Å². The van der Waals surface area contributed by atoms with Gasteiger partial charge < -0.3 is 19.6 Å². The normalized spacial score (nSPS) is 10.9. The van der Waals surface area contributed by atoms with E-state index in [1.165, 1.54) is 37.7 Å². The minimum Gasteiger partial charge on any atom is -0.328 e. The van der Waals surface area contributed by atoms with Crippen LogP contribution in [0.4, 0.5) is 5.69 Å². The van der Waals surface area contributed by atoms with Gasteiger partial charge in [-0.3, -0.25) is 4.79 Å². The number of unbranched alkanes of at least 4 members (excludes halogenated alkanes) is 4. The maximum absolute atomic E-state index is 11.7. The Morgan fingerprint density at radius 1 is 1.23 bits per heavy atom. The van der Waals surface area contributed by atoms with Crippen molar-refractivity contribution in [3.63, 3.8) is 0 Å². The zero-order valence-electron chi connectivity index (χ0n) is 13.1. The molecule has 0 aliphatic carbocycles. The van der Waals surface area contributed by atoms with E-state index in [4.69, 9.17) is 9.79 Å². The lowest BCUT2D eigenvalue weighted by Gasteiger charge is -2.08. The Balaban J connectivity index is 2.32. The first-order chi connectivity index (χ1) is 10.6. The molecule has 0 aromatic heterocycles. The van der Waals surface area contributed by atoms with Crippen LogP contribution in [0.3, 0.4) is 0 Å². The van der Waals surface area contributed by atoms with Crippen LogP contribution in [0.25, 0.3) is 0 Å². The fourth-order valence-corrected chi connectivity index (χ4v) is 2.44. The zero-order valence-corrected chi connectivity index (χ0v) is 14.0. The monoisotopic (exact) mass is 327 g/mol. The van der Waals surface area contributed by atoms with Gasteiger partial charge in [-0.1, -0.05) is 44.7 Å². The van der Waals surface area contributed by atoms with Crippen LogP contribution in [0.2, 0.25) is 0 Å². The van der Waals surface area contributed by atoms with E-state index in [0.29, 0.717) is 0 Å². The Labute approximate surface area is 133 Å². The lowest BCUT2D eigenvalue weighted by Crippen LogP contribution is -2.13. The molecule has 0 aliphatic heterocycles. The van der Waals surface area contributed by atoms with Gasteiger partial charge in [0.2, 0.25) is 5.91 Å². The number of anilines is 1. The number of hydrogen-bond donors (Lipinski definition) is 3. The molecule has 0 saturated carbocycles. The van der Waals surface area contributed by atoms with Crippen molar-refractivity contribution in [2.75, 3.05) is 11.9 Å². The van der Waals surface area contributed by atoms with E-state index in [9.17, 15) is 4.79 Å². The summed E-state index contributed by atoms with van der Waals surface area (Å²) < 4.78 is 4.57. The second-order valence-corrected chi connectivity index (χ2v) is 6.01. The maximum atomic E-state index is 11.7. The molecule has 1 aromatic rings. The third-order valence-electron chi connectivity index (χ3n) is 3.32. The van der Waals surface area contributed by atoms with Gasteiger partial charge in [-0.15, -0.1) is 0 Å². The van der Waals surface area contributed by atoms with Crippen LogP contribution in [0.1, 0.15) is 51.0 Å². The molecule has 22 heavy (non-hydrogen) atoms. The summed E-state index contributed by atoms with van der Waals surface area (Å²) >= 11 is 0. The largest absolute Gasteiger partial charge is 0.328 e. The molecule has 0 unspecified atom stereocenters. The predicted octanol–water partition coefficient (Wildman–Crippen LogP) is 3.76. The van der Waals surface area contributed by atoms with Gasteiger partial charge in [-0.05, 0) is 30.5 Å². The molecule has 0 saturated heterocycles. The number of carbonyl (C=O) groups is 1. The molecule has 0 spiro atoms. The quantitative estimate of drug-likeness (QED) is 0.427. The van der Waals surface area contributed by atoms with E-state index in [2.05, 4.69) is 22.8 Å². The van der Waals surface area contributed by atoms with Gasteiger partial charge >= 0.3 is 8.60 Å². The number of carbonyl (C=O) groups excluding carboxylic acids is 1. The summed E-state index contributed by atoms with van der Waals surface area (Å²) in [7, 11) is -2.39. The first kappa shape index (κ1) is 19.0. The molecule has 3 N–H and O–H groups in total. The average molecular weight is 327 g/mol. The highest BCUT2D eigenvalue weighted by Crippen LogP contribution is 2.24. The van der Waals surface area contributed by atoms with Crippen LogP contribution < -0.4 is 5.32 Å². The van der Waals surface area contributed by atoms with Gasteiger partial charge in [0.1, 0.15) is 0 Å². The Morgan fingerprint density at radius 2 is 2.00 bits per heavy atom. The van der Waals surface area contributed by atoms with Gasteiger partial charge in [-0.25, -0.2) is 0 Å². The van der Waals surface area contributed by atoms with Crippen LogP contribution in [0, 0.1) is 0 Å². The van der Waals surface area contributed by atoms with Crippen LogP contribution in [0.15, 0.2) is 24.3 Å². The molecule has 0 aliphatic rings. The molecule has 0 atom stereocenters. The molecule has 1 rings (SSSR count). The van der Waals surface area contributed by atoms with Gasteiger partial charge in [0.05, 0.1) is 13.0 Å². The molecule has 0 fully saturated rings. The standard InChI is InChI=1S/C16H26NO4P/c1-2-3-4-5-6-8-14-9-7-10-15(13-14)17-16(18)11-12-21-22(19)20/h7,9-10,13,19-20H,2-6,8,11-12H2,1H3,(H,17,18). The maximum Gasteiger partial charge on any atom is 0.327 e. The van der Waals surface area contributed by atoms with Crippen molar-refractivity contribution in [2.24, 2.45) is 0 Å². The van der Waals surface area contributed by atoms with Gasteiger partial charge in [-0.2, -0.15) is 0 Å². The van der Waals surface area contributed by atoms with Crippen molar-refractivity contribution in [3.05, 3.63) is 29.8 Å². The fourth-order valence-electron chi connectivity index (χ4n) is 2.18. The van der Waals surface area contributed by atoms with Gasteiger partial charge in [0, 0.05) is 5.69 Å². The highest BCUT2D eigenvalue weighted by Gasteiger charge is 2.05. The first-order valence-corrected chi connectivity index (χ1v) is 8.98. The van der Waals surface area contributed by atoms with E-state index < -0.39 is 8.60 Å². The molecule has 6 heteroatoms. The zero-order chi connectivity index (χ0) is 16.2. The molecular formula is C16H26NO4P. The Kier molecular flexibility index (Phi) is 10.0. The summed E-state index contributed by atoms with van der Waals surface area (Å²) in [4.78, 5) is 28.9. The van der Waals surface area contributed by atoms with Crippen molar-refractivity contribution in [1.82, 2.24) is 0 Å². The van der Waals surface area contributed by atoms with Crippen LogP contribution in [-0.2, 0) is 15.7 Å². The Hall–Kier alpha value is -1.00. The molecule has 1 aromatic carbocycles. The summed E-state index contributed by atoms with van der Waals surface area (Å²) in [6.07, 6.45) is 7.36. The number of nitrogens with one attached hydrogen (secondary N) is 1. The van der Waals surface area contributed by atoms with E-state index in [-0.39, 0.29) is 18.9 Å². The average Bonchev–Trinajstić information content (AvgIpc) is 2.47. The number of amides is 1. The highest BCUT2D eigenvalue weighted by atomic mass is 31.2. The summed E-state index contributed by atoms with van der Waals surface area (Å²) in [5.41, 5.74) is 1.99. The second kappa shape index (κ2) is 11.6. The first-order valence-electron chi connectivity index (χ1n) is 7.81. The minimum atomic E-state index is -2.39. The number of benzene rings is 1. The highest BCUT2D eigenvalue weighted by molar-refractivity contribution is 7.39. The molecule has 5 nitrogen and oxygen atoms in total.